The van der Waals surface area contributed by atoms with Gasteiger partial charge in [0, 0.05) is 12.2 Å². The van der Waals surface area contributed by atoms with Gasteiger partial charge in [-0.2, -0.15) is 0 Å². The summed E-state index contributed by atoms with van der Waals surface area (Å²) in [4.78, 5) is 12.1. The van der Waals surface area contributed by atoms with Crippen molar-refractivity contribution in [1.29, 1.82) is 0 Å². The second-order valence-electron chi connectivity index (χ2n) is 6.06. The Morgan fingerprint density at radius 2 is 1.62 bits per heavy atom. The van der Waals surface area contributed by atoms with Gasteiger partial charge < -0.3 is 15.4 Å². The van der Waals surface area contributed by atoms with Gasteiger partial charge in [-0.25, -0.2) is 0 Å². The third kappa shape index (κ3) is 6.18. The summed E-state index contributed by atoms with van der Waals surface area (Å²) in [6.07, 6.45) is 0. The molecule has 0 atom stereocenters. The molecule has 3 rings (SSSR count). The van der Waals surface area contributed by atoms with E-state index in [0.29, 0.717) is 38.1 Å². The number of benzene rings is 3. The molecule has 0 unspecified atom stereocenters. The summed E-state index contributed by atoms with van der Waals surface area (Å²) in [5.74, 6) is 0.0707. The smallest absolute Gasteiger partial charge is 0.262 e. The molecule has 0 saturated carbocycles. The summed E-state index contributed by atoms with van der Waals surface area (Å²) >= 11 is 24.2. The van der Waals surface area contributed by atoms with Crippen LogP contribution in [0.3, 0.4) is 0 Å². The van der Waals surface area contributed by atoms with Gasteiger partial charge in [-0.15, -0.1) is 0 Å². The molecule has 0 aromatic heterocycles. The van der Waals surface area contributed by atoms with E-state index in [-0.39, 0.29) is 12.5 Å². The molecule has 0 saturated heterocycles. The van der Waals surface area contributed by atoms with Crippen LogP contribution in [0.25, 0.3) is 0 Å². The zero-order chi connectivity index (χ0) is 20.8. The maximum absolute atomic E-state index is 12.1. The van der Waals surface area contributed by atoms with E-state index in [4.69, 9.17) is 51.1 Å². The molecule has 0 aliphatic carbocycles. The third-order valence-electron chi connectivity index (χ3n) is 3.92. The fraction of sp³-hybridized carbons (Fsp3) is 0.0952. The maximum atomic E-state index is 12.1. The van der Waals surface area contributed by atoms with E-state index < -0.39 is 0 Å². The summed E-state index contributed by atoms with van der Waals surface area (Å²) in [6.45, 7) is 0.346. The molecule has 3 aromatic carbocycles. The van der Waals surface area contributed by atoms with Crippen LogP contribution in [0.2, 0.25) is 20.1 Å². The Hall–Kier alpha value is -2.11. The van der Waals surface area contributed by atoms with E-state index >= 15 is 0 Å². The number of rotatable bonds is 7. The van der Waals surface area contributed by atoms with Crippen LogP contribution in [-0.2, 0) is 11.3 Å². The Morgan fingerprint density at radius 3 is 2.34 bits per heavy atom. The molecule has 3 aromatic rings. The largest absolute Gasteiger partial charge is 0.482 e. The van der Waals surface area contributed by atoms with Gasteiger partial charge in [0.2, 0.25) is 0 Å². The van der Waals surface area contributed by atoms with Crippen molar-refractivity contribution in [3.05, 3.63) is 86.3 Å². The van der Waals surface area contributed by atoms with E-state index in [1.165, 1.54) is 0 Å². The zero-order valence-corrected chi connectivity index (χ0v) is 18.0. The molecule has 8 heteroatoms. The predicted molar refractivity (Wildman–Crippen MR) is 121 cm³/mol. The van der Waals surface area contributed by atoms with Gasteiger partial charge in [0.1, 0.15) is 5.75 Å². The van der Waals surface area contributed by atoms with Crippen LogP contribution in [-0.4, -0.2) is 12.5 Å². The number of carbonyl (C=O) groups excluding carboxylic acids is 1. The first kappa shape index (κ1) is 21.6. The fourth-order valence-electron chi connectivity index (χ4n) is 2.49. The van der Waals surface area contributed by atoms with Crippen LogP contribution in [0.5, 0.6) is 5.75 Å². The summed E-state index contributed by atoms with van der Waals surface area (Å²) in [7, 11) is 0. The van der Waals surface area contributed by atoms with Crippen molar-refractivity contribution in [1.82, 2.24) is 0 Å². The van der Waals surface area contributed by atoms with Crippen LogP contribution in [0.1, 0.15) is 5.56 Å². The second kappa shape index (κ2) is 10.1. The number of hydrogen-bond donors (Lipinski definition) is 2. The maximum Gasteiger partial charge on any atom is 0.262 e. The van der Waals surface area contributed by atoms with Crippen molar-refractivity contribution in [3.8, 4) is 5.75 Å². The van der Waals surface area contributed by atoms with Gasteiger partial charge in [0.25, 0.3) is 5.91 Å². The average Bonchev–Trinajstić information content (AvgIpc) is 2.69. The van der Waals surface area contributed by atoms with Gasteiger partial charge in [0.05, 0.1) is 25.8 Å². The Morgan fingerprint density at radius 1 is 0.828 bits per heavy atom. The van der Waals surface area contributed by atoms with Gasteiger partial charge in [-0.1, -0.05) is 64.6 Å². The monoisotopic (exact) mass is 468 g/mol. The van der Waals surface area contributed by atoms with Crippen LogP contribution in [0.4, 0.5) is 11.4 Å². The molecule has 1 amide bonds. The summed E-state index contributed by atoms with van der Waals surface area (Å²) in [5, 5.41) is 7.75. The number of hydrogen-bond acceptors (Lipinski definition) is 3. The van der Waals surface area contributed by atoms with Crippen LogP contribution < -0.4 is 15.4 Å². The number of anilines is 2. The highest BCUT2D eigenvalue weighted by Crippen LogP contribution is 2.27. The molecule has 0 bridgehead atoms. The minimum Gasteiger partial charge on any atom is -0.482 e. The lowest BCUT2D eigenvalue weighted by Crippen LogP contribution is -2.20. The lowest BCUT2D eigenvalue weighted by Gasteiger charge is -2.12. The number of nitrogens with one attached hydrogen (secondary N) is 2. The van der Waals surface area contributed by atoms with E-state index in [1.807, 2.05) is 30.3 Å². The van der Waals surface area contributed by atoms with E-state index in [2.05, 4.69) is 10.6 Å². The van der Waals surface area contributed by atoms with Crippen molar-refractivity contribution in [3.63, 3.8) is 0 Å². The first-order valence-corrected chi connectivity index (χ1v) is 10.1. The molecular formula is C21H16Cl4N2O2. The molecule has 0 aliphatic heterocycles. The first-order valence-electron chi connectivity index (χ1n) is 8.57. The molecule has 29 heavy (non-hydrogen) atoms. The van der Waals surface area contributed by atoms with Gasteiger partial charge in [0.15, 0.2) is 6.61 Å². The number of amides is 1. The van der Waals surface area contributed by atoms with Gasteiger partial charge in [-0.3, -0.25) is 4.79 Å². The Kier molecular flexibility index (Phi) is 7.51. The highest BCUT2D eigenvalue weighted by atomic mass is 35.5. The van der Waals surface area contributed by atoms with Crippen LogP contribution in [0.15, 0.2) is 60.7 Å². The van der Waals surface area contributed by atoms with Crippen molar-refractivity contribution < 1.29 is 9.53 Å². The van der Waals surface area contributed by atoms with Crippen LogP contribution in [0, 0.1) is 0 Å². The van der Waals surface area contributed by atoms with Gasteiger partial charge in [-0.05, 0) is 48.0 Å². The number of ether oxygens (including phenoxy) is 1. The van der Waals surface area contributed by atoms with Crippen molar-refractivity contribution in [2.45, 2.75) is 6.54 Å². The normalized spacial score (nSPS) is 10.5. The van der Waals surface area contributed by atoms with Crippen molar-refractivity contribution >= 4 is 63.7 Å². The van der Waals surface area contributed by atoms with E-state index in [9.17, 15) is 4.79 Å². The van der Waals surface area contributed by atoms with Crippen LogP contribution >= 0.6 is 46.4 Å². The predicted octanol–water partition coefficient (Wildman–Crippen LogP) is 6.93. The van der Waals surface area contributed by atoms with Gasteiger partial charge >= 0.3 is 0 Å². The Bertz CT molecular complexity index is 1030. The van der Waals surface area contributed by atoms with E-state index in [0.717, 1.165) is 11.3 Å². The Balaban J connectivity index is 1.54. The number of carbonyl (C=O) groups is 1. The molecule has 2 N–H and O–H groups in total. The molecule has 4 nitrogen and oxygen atoms in total. The van der Waals surface area contributed by atoms with E-state index in [1.54, 1.807) is 30.3 Å². The lowest BCUT2D eigenvalue weighted by molar-refractivity contribution is -0.118. The SMILES string of the molecule is O=C(COc1ccc(CNc2ccccc2Cl)cc1Cl)Nc1ccc(Cl)c(Cl)c1. The average molecular weight is 470 g/mol. The topological polar surface area (TPSA) is 50.4 Å². The highest BCUT2D eigenvalue weighted by molar-refractivity contribution is 6.42. The molecule has 0 fully saturated rings. The summed E-state index contributed by atoms with van der Waals surface area (Å²) in [6, 6.07) is 17.7. The Labute approximate surface area is 188 Å². The zero-order valence-electron chi connectivity index (χ0n) is 15.0. The molecule has 150 valence electrons. The second-order valence-corrected chi connectivity index (χ2v) is 7.69. The number of halogens is 4. The standard InChI is InChI=1S/C21H16Cl4N2O2/c22-15-7-6-14(10-17(15)24)27-21(28)12-29-20-8-5-13(9-18(20)25)11-26-19-4-2-1-3-16(19)23/h1-10,26H,11-12H2,(H,27,28). The van der Waals surface area contributed by atoms with Crippen molar-refractivity contribution in [2.75, 3.05) is 17.2 Å². The third-order valence-corrected chi connectivity index (χ3v) is 5.28. The first-order chi connectivity index (χ1) is 13.9. The molecule has 0 heterocycles. The fourth-order valence-corrected chi connectivity index (χ4v) is 3.25. The molecule has 0 radical (unpaired) electrons. The summed E-state index contributed by atoms with van der Waals surface area (Å²) in [5.41, 5.74) is 2.31. The highest BCUT2D eigenvalue weighted by Gasteiger charge is 2.09. The lowest BCUT2D eigenvalue weighted by atomic mass is 10.2. The molecule has 0 spiro atoms. The summed E-state index contributed by atoms with van der Waals surface area (Å²) < 4.78 is 5.52. The molecular weight excluding hydrogens is 454 g/mol. The minimum atomic E-state index is -0.344. The minimum absolute atomic E-state index is 0.197. The quantitative estimate of drug-likeness (QED) is 0.394. The molecule has 0 aliphatic rings. The number of para-hydroxylation sites is 1. The van der Waals surface area contributed by atoms with Crippen molar-refractivity contribution in [2.24, 2.45) is 0 Å².